The van der Waals surface area contributed by atoms with E-state index in [4.69, 9.17) is 11.6 Å². The first-order valence-electron chi connectivity index (χ1n) is 7.48. The number of carbonyl (C=O) groups excluding carboxylic acids is 1. The number of rotatable bonds is 6. The van der Waals surface area contributed by atoms with Crippen molar-refractivity contribution in [2.75, 3.05) is 11.1 Å². The average molecular weight is 408 g/mol. The molecule has 11 heteroatoms. The second kappa shape index (κ2) is 8.14. The van der Waals surface area contributed by atoms with Gasteiger partial charge < -0.3 is 5.32 Å². The minimum atomic E-state index is -0.585. The van der Waals surface area contributed by atoms with Gasteiger partial charge >= 0.3 is 0 Å². The number of nitro groups is 1. The molecule has 0 aliphatic carbocycles. The largest absolute Gasteiger partial charge is 0.324 e. The van der Waals surface area contributed by atoms with Gasteiger partial charge in [-0.3, -0.25) is 20.0 Å². The number of aromatic amines is 1. The Morgan fingerprint density at radius 3 is 2.85 bits per heavy atom. The summed E-state index contributed by atoms with van der Waals surface area (Å²) in [7, 11) is 0. The van der Waals surface area contributed by atoms with Gasteiger partial charge in [0.05, 0.1) is 26.9 Å². The number of anilines is 1. The Kier molecular flexibility index (Phi) is 5.67. The third-order valence-corrected chi connectivity index (χ3v) is 4.54. The van der Waals surface area contributed by atoms with Gasteiger partial charge in [0.25, 0.3) is 5.69 Å². The van der Waals surface area contributed by atoms with E-state index in [1.54, 1.807) is 18.2 Å². The summed E-state index contributed by atoms with van der Waals surface area (Å²) >= 11 is 6.96. The zero-order valence-corrected chi connectivity index (χ0v) is 15.1. The van der Waals surface area contributed by atoms with Gasteiger partial charge in [0.2, 0.25) is 11.1 Å². The Balaban J connectivity index is 1.63. The molecule has 2 N–H and O–H groups in total. The monoisotopic (exact) mass is 407 g/mol. The highest BCUT2D eigenvalue weighted by atomic mass is 35.5. The first-order valence-corrected chi connectivity index (χ1v) is 8.84. The molecule has 0 saturated heterocycles. The summed E-state index contributed by atoms with van der Waals surface area (Å²) in [6.07, 6.45) is 0. The molecule has 3 aromatic rings. The molecule has 138 valence electrons. The van der Waals surface area contributed by atoms with Crippen LogP contribution in [0, 0.1) is 15.9 Å². The van der Waals surface area contributed by atoms with E-state index in [0.29, 0.717) is 0 Å². The number of benzene rings is 2. The molecule has 0 aliphatic heterocycles. The van der Waals surface area contributed by atoms with Crippen molar-refractivity contribution in [1.82, 2.24) is 15.2 Å². The molecule has 0 aliphatic rings. The number of nitro benzene ring substituents is 1. The Labute approximate surface area is 161 Å². The molecule has 0 spiro atoms. The molecule has 8 nitrogen and oxygen atoms in total. The van der Waals surface area contributed by atoms with Crippen molar-refractivity contribution in [1.29, 1.82) is 0 Å². The van der Waals surface area contributed by atoms with Gasteiger partial charge in [-0.25, -0.2) is 9.37 Å². The highest BCUT2D eigenvalue weighted by molar-refractivity contribution is 7.99. The number of H-pyrrole nitrogens is 1. The minimum Gasteiger partial charge on any atom is -0.324 e. The van der Waals surface area contributed by atoms with Crippen molar-refractivity contribution >= 4 is 40.6 Å². The Morgan fingerprint density at radius 1 is 1.33 bits per heavy atom. The second-order valence-electron chi connectivity index (χ2n) is 5.20. The minimum absolute atomic E-state index is 0.0619. The third kappa shape index (κ3) is 4.60. The Bertz CT molecular complexity index is 1010. The zero-order chi connectivity index (χ0) is 19.4. The van der Waals surface area contributed by atoms with Gasteiger partial charge in [-0.2, -0.15) is 0 Å². The van der Waals surface area contributed by atoms with Crippen LogP contribution in [0.15, 0.2) is 47.6 Å². The van der Waals surface area contributed by atoms with E-state index in [2.05, 4.69) is 20.5 Å². The lowest BCUT2D eigenvalue weighted by Crippen LogP contribution is -2.14. The SMILES string of the molecule is O=C(CSc1n[nH]c(-c2ccccc2F)n1)Nc1cc([N+](=O)[O-])ccc1Cl. The molecular weight excluding hydrogens is 397 g/mol. The number of non-ortho nitro benzene ring substituents is 1. The number of carbonyl (C=O) groups is 1. The number of amides is 1. The normalized spacial score (nSPS) is 10.6. The maximum absolute atomic E-state index is 13.7. The van der Waals surface area contributed by atoms with Gasteiger partial charge in [0.15, 0.2) is 5.82 Å². The lowest BCUT2D eigenvalue weighted by atomic mass is 10.2. The maximum atomic E-state index is 13.7. The van der Waals surface area contributed by atoms with Crippen LogP contribution in [0.3, 0.4) is 0 Å². The van der Waals surface area contributed by atoms with Crippen LogP contribution < -0.4 is 5.32 Å². The highest BCUT2D eigenvalue weighted by Crippen LogP contribution is 2.27. The summed E-state index contributed by atoms with van der Waals surface area (Å²) < 4.78 is 13.7. The van der Waals surface area contributed by atoms with Crippen molar-refractivity contribution in [3.05, 3.63) is 63.4 Å². The van der Waals surface area contributed by atoms with Crippen molar-refractivity contribution in [2.24, 2.45) is 0 Å². The Morgan fingerprint density at radius 2 is 2.11 bits per heavy atom. The fraction of sp³-hybridized carbons (Fsp3) is 0.0625. The fourth-order valence-electron chi connectivity index (χ4n) is 2.12. The molecule has 0 atom stereocenters. The molecule has 27 heavy (non-hydrogen) atoms. The number of nitrogens with one attached hydrogen (secondary N) is 2. The summed E-state index contributed by atoms with van der Waals surface area (Å²) in [5, 5.41) is 20.3. The smallest absolute Gasteiger partial charge is 0.271 e. The molecule has 0 radical (unpaired) electrons. The predicted octanol–water partition coefficient (Wildman–Crippen LogP) is 3.90. The highest BCUT2D eigenvalue weighted by Gasteiger charge is 2.14. The molecular formula is C16H11ClFN5O3S. The lowest BCUT2D eigenvalue weighted by Gasteiger charge is -2.06. The van der Waals surface area contributed by atoms with E-state index in [-0.39, 0.29) is 38.7 Å². The number of nitrogens with zero attached hydrogens (tertiary/aromatic N) is 3. The zero-order valence-electron chi connectivity index (χ0n) is 13.5. The van der Waals surface area contributed by atoms with E-state index in [0.717, 1.165) is 11.8 Å². The van der Waals surface area contributed by atoms with E-state index in [1.807, 2.05) is 0 Å². The Hall–Kier alpha value is -2.98. The van der Waals surface area contributed by atoms with Crippen molar-refractivity contribution < 1.29 is 14.1 Å². The molecule has 1 heterocycles. The first-order chi connectivity index (χ1) is 12.9. The van der Waals surface area contributed by atoms with E-state index >= 15 is 0 Å². The summed E-state index contributed by atoms with van der Waals surface area (Å²) in [5.41, 5.74) is 0.217. The maximum Gasteiger partial charge on any atom is 0.271 e. The number of thioether (sulfide) groups is 1. The van der Waals surface area contributed by atoms with Crippen LogP contribution in [-0.4, -0.2) is 31.8 Å². The molecule has 0 bridgehead atoms. The van der Waals surface area contributed by atoms with Crippen LogP contribution in [0.5, 0.6) is 0 Å². The van der Waals surface area contributed by atoms with Crippen molar-refractivity contribution in [3.8, 4) is 11.4 Å². The van der Waals surface area contributed by atoms with Crippen LogP contribution in [0.2, 0.25) is 5.02 Å². The van der Waals surface area contributed by atoms with Crippen LogP contribution in [0.25, 0.3) is 11.4 Å². The van der Waals surface area contributed by atoms with Crippen LogP contribution in [0.4, 0.5) is 15.8 Å². The van der Waals surface area contributed by atoms with Gasteiger partial charge in [0, 0.05) is 12.1 Å². The standard InChI is InChI=1S/C16H11ClFN5O3S/c17-11-6-5-9(23(25)26)7-13(11)19-14(24)8-27-16-20-15(21-22-16)10-3-1-2-4-12(10)18/h1-7H,8H2,(H,19,24)(H,20,21,22). The van der Waals surface area contributed by atoms with Gasteiger partial charge in [-0.1, -0.05) is 35.5 Å². The quantitative estimate of drug-likeness (QED) is 0.364. The summed E-state index contributed by atoms with van der Waals surface area (Å²) in [6.45, 7) is 0. The number of hydrogen-bond donors (Lipinski definition) is 2. The second-order valence-corrected chi connectivity index (χ2v) is 6.55. The van der Waals surface area contributed by atoms with Crippen LogP contribution >= 0.6 is 23.4 Å². The van der Waals surface area contributed by atoms with E-state index in [1.165, 1.54) is 24.3 Å². The summed E-state index contributed by atoms with van der Waals surface area (Å²) in [5.74, 6) is -0.700. The van der Waals surface area contributed by atoms with Crippen molar-refractivity contribution in [2.45, 2.75) is 5.16 Å². The van der Waals surface area contributed by atoms with Gasteiger partial charge in [-0.15, -0.1) is 5.10 Å². The molecule has 3 rings (SSSR count). The van der Waals surface area contributed by atoms with Gasteiger partial charge in [0.1, 0.15) is 5.82 Å². The number of aromatic nitrogens is 3. The van der Waals surface area contributed by atoms with E-state index in [9.17, 15) is 19.3 Å². The first kappa shape index (κ1) is 18.8. The molecule has 1 aromatic heterocycles. The summed E-state index contributed by atoms with van der Waals surface area (Å²) in [6, 6.07) is 9.84. The van der Waals surface area contributed by atoms with Crippen LogP contribution in [0.1, 0.15) is 0 Å². The van der Waals surface area contributed by atoms with Crippen molar-refractivity contribution in [3.63, 3.8) is 0 Å². The predicted molar refractivity (Wildman–Crippen MR) is 99.2 cm³/mol. The molecule has 0 saturated carbocycles. The number of hydrogen-bond acceptors (Lipinski definition) is 6. The fourth-order valence-corrected chi connectivity index (χ4v) is 2.89. The van der Waals surface area contributed by atoms with Crippen LogP contribution in [-0.2, 0) is 4.79 Å². The lowest BCUT2D eigenvalue weighted by molar-refractivity contribution is -0.384. The molecule has 2 aromatic carbocycles. The van der Waals surface area contributed by atoms with Gasteiger partial charge in [-0.05, 0) is 18.2 Å². The summed E-state index contributed by atoms with van der Waals surface area (Å²) in [4.78, 5) is 26.4. The molecule has 1 amide bonds. The average Bonchev–Trinajstić information content (AvgIpc) is 3.11. The third-order valence-electron chi connectivity index (χ3n) is 3.36. The molecule has 0 unspecified atom stereocenters. The molecule has 0 fully saturated rings. The van der Waals surface area contributed by atoms with E-state index < -0.39 is 16.6 Å². The topological polar surface area (TPSA) is 114 Å². The number of halogens is 2.